The molecule has 1 N–H and O–H groups in total. The largest absolute Gasteiger partial charge is 0.486 e. The first kappa shape index (κ1) is 22.8. The van der Waals surface area contributed by atoms with Crippen molar-refractivity contribution in [2.24, 2.45) is 0 Å². The number of thioether (sulfide) groups is 1. The zero-order valence-corrected chi connectivity index (χ0v) is 17.6. The first-order valence-corrected chi connectivity index (χ1v) is 10.6. The van der Waals surface area contributed by atoms with Gasteiger partial charge in [0, 0.05) is 11.4 Å². The Bertz CT molecular complexity index is 974. The maximum absolute atomic E-state index is 13.8. The van der Waals surface area contributed by atoms with Crippen molar-refractivity contribution in [2.45, 2.75) is 18.2 Å². The van der Waals surface area contributed by atoms with Crippen LogP contribution in [0.2, 0.25) is 0 Å². The molecule has 0 bridgehead atoms. The van der Waals surface area contributed by atoms with E-state index < -0.39 is 29.0 Å². The highest BCUT2D eigenvalue weighted by molar-refractivity contribution is 8.00. The molecule has 0 fully saturated rings. The zero-order chi connectivity index (χ0) is 22.4. The summed E-state index contributed by atoms with van der Waals surface area (Å²) in [6, 6.07) is 7.01. The van der Waals surface area contributed by atoms with Gasteiger partial charge in [-0.3, -0.25) is 9.59 Å². The lowest BCUT2D eigenvalue weighted by molar-refractivity contribution is -0.132. The van der Waals surface area contributed by atoms with Gasteiger partial charge in [-0.15, -0.1) is 11.8 Å². The van der Waals surface area contributed by atoms with Crippen LogP contribution in [0.5, 0.6) is 11.5 Å². The summed E-state index contributed by atoms with van der Waals surface area (Å²) in [6.45, 7) is 2.76. The van der Waals surface area contributed by atoms with Crippen molar-refractivity contribution in [1.82, 2.24) is 4.90 Å². The third-order valence-corrected chi connectivity index (χ3v) is 5.34. The molecule has 0 aliphatic carbocycles. The van der Waals surface area contributed by atoms with Crippen molar-refractivity contribution in [3.05, 3.63) is 47.8 Å². The molecule has 2 aromatic rings. The Balaban J connectivity index is 1.58. The number of benzene rings is 2. The monoisotopic (exact) mass is 454 g/mol. The van der Waals surface area contributed by atoms with Gasteiger partial charge in [-0.2, -0.15) is 0 Å². The van der Waals surface area contributed by atoms with Gasteiger partial charge in [0.25, 0.3) is 0 Å². The molecule has 0 spiro atoms. The molecule has 31 heavy (non-hydrogen) atoms. The molecule has 10 heteroatoms. The summed E-state index contributed by atoms with van der Waals surface area (Å²) in [5.41, 5.74) is -0.488. The predicted octanol–water partition coefficient (Wildman–Crippen LogP) is 3.84. The highest BCUT2D eigenvalue weighted by atomic mass is 32.2. The van der Waals surface area contributed by atoms with Gasteiger partial charge in [0.05, 0.1) is 18.0 Å². The van der Waals surface area contributed by atoms with E-state index in [-0.39, 0.29) is 18.2 Å². The van der Waals surface area contributed by atoms with E-state index in [9.17, 15) is 22.8 Å². The summed E-state index contributed by atoms with van der Waals surface area (Å²) in [4.78, 5) is 27.0. The van der Waals surface area contributed by atoms with Crippen molar-refractivity contribution >= 4 is 29.3 Å². The highest BCUT2D eigenvalue weighted by Crippen LogP contribution is 2.34. The van der Waals surface area contributed by atoms with E-state index in [1.54, 1.807) is 12.1 Å². The number of hydrogen-bond acceptors (Lipinski definition) is 5. The molecule has 0 saturated heterocycles. The van der Waals surface area contributed by atoms with E-state index in [1.165, 1.54) is 16.7 Å². The molecule has 0 atom stereocenters. The molecule has 1 heterocycles. The molecule has 166 valence electrons. The van der Waals surface area contributed by atoms with Crippen molar-refractivity contribution in [3.63, 3.8) is 0 Å². The van der Waals surface area contributed by atoms with Gasteiger partial charge in [-0.05, 0) is 36.8 Å². The molecule has 0 aromatic heterocycles. The average molecular weight is 454 g/mol. The number of halogens is 3. The van der Waals surface area contributed by atoms with Crippen molar-refractivity contribution < 1.29 is 32.2 Å². The lowest BCUT2D eigenvalue weighted by atomic mass is 10.2. The van der Waals surface area contributed by atoms with Gasteiger partial charge in [0.2, 0.25) is 11.8 Å². The van der Waals surface area contributed by atoms with E-state index >= 15 is 0 Å². The average Bonchev–Trinajstić information content (AvgIpc) is 2.77. The summed E-state index contributed by atoms with van der Waals surface area (Å²) >= 11 is 1.28. The van der Waals surface area contributed by atoms with Crippen molar-refractivity contribution in [3.8, 4) is 11.5 Å². The molecule has 1 aliphatic heterocycles. The standard InChI is InChI=1S/C21H21F3N2O4S/c1-2-7-26(11-18(27)25-15-5-4-14(22)20(23)21(15)24)19(28)12-31-13-3-6-16-17(10-13)30-9-8-29-16/h3-6,10H,2,7-9,11-12H2,1H3,(H,25,27). The number of hydrogen-bond donors (Lipinski definition) is 1. The second kappa shape index (κ2) is 10.4. The van der Waals surface area contributed by atoms with Crippen LogP contribution in [-0.4, -0.2) is 48.8 Å². The van der Waals surface area contributed by atoms with Crippen molar-refractivity contribution in [1.29, 1.82) is 0 Å². The minimum atomic E-state index is -1.67. The number of fused-ring (bicyclic) bond motifs is 1. The third-order valence-electron chi connectivity index (χ3n) is 4.37. The topological polar surface area (TPSA) is 67.9 Å². The molecule has 2 amide bonds. The summed E-state index contributed by atoms with van der Waals surface area (Å²) in [5, 5.41) is 2.18. The van der Waals surface area contributed by atoms with E-state index in [1.807, 2.05) is 13.0 Å². The molecular formula is C21H21F3N2O4S. The molecule has 0 saturated carbocycles. The number of rotatable bonds is 8. The van der Waals surface area contributed by atoms with Gasteiger partial charge in [0.15, 0.2) is 29.0 Å². The minimum absolute atomic E-state index is 0.0759. The number of nitrogens with zero attached hydrogens (tertiary/aromatic N) is 1. The summed E-state index contributed by atoms with van der Waals surface area (Å²) in [5.74, 6) is -4.18. The predicted molar refractivity (Wildman–Crippen MR) is 110 cm³/mol. The zero-order valence-electron chi connectivity index (χ0n) is 16.8. The first-order chi connectivity index (χ1) is 14.9. The second-order valence-corrected chi connectivity index (χ2v) is 7.73. The quantitative estimate of drug-likeness (QED) is 0.485. The summed E-state index contributed by atoms with van der Waals surface area (Å²) in [6.07, 6.45) is 0.604. The normalized spacial score (nSPS) is 12.4. The van der Waals surface area contributed by atoms with E-state index in [4.69, 9.17) is 9.47 Å². The molecule has 2 aromatic carbocycles. The molecule has 1 aliphatic rings. The van der Waals surface area contributed by atoms with Crippen molar-refractivity contribution in [2.75, 3.05) is 37.4 Å². The van der Waals surface area contributed by atoms with Crippen LogP contribution >= 0.6 is 11.8 Å². The van der Waals surface area contributed by atoms with Gasteiger partial charge < -0.3 is 19.7 Å². The minimum Gasteiger partial charge on any atom is -0.486 e. The molecular weight excluding hydrogens is 433 g/mol. The maximum Gasteiger partial charge on any atom is 0.244 e. The molecule has 6 nitrogen and oxygen atoms in total. The lowest BCUT2D eigenvalue weighted by Crippen LogP contribution is -2.39. The smallest absolute Gasteiger partial charge is 0.244 e. The number of anilines is 1. The van der Waals surface area contributed by atoms with Crippen LogP contribution in [0.25, 0.3) is 0 Å². The Morgan fingerprint density at radius 1 is 1.06 bits per heavy atom. The third kappa shape index (κ3) is 5.84. The highest BCUT2D eigenvalue weighted by Gasteiger charge is 2.20. The van der Waals surface area contributed by atoms with Crippen LogP contribution in [0.3, 0.4) is 0 Å². The number of ether oxygens (including phenoxy) is 2. The van der Waals surface area contributed by atoms with E-state index in [0.717, 1.165) is 11.0 Å². The van der Waals surface area contributed by atoms with Crippen LogP contribution in [-0.2, 0) is 9.59 Å². The van der Waals surface area contributed by atoms with Gasteiger partial charge in [-0.1, -0.05) is 6.92 Å². The lowest BCUT2D eigenvalue weighted by Gasteiger charge is -2.22. The van der Waals surface area contributed by atoms with Crippen LogP contribution in [0.4, 0.5) is 18.9 Å². The van der Waals surface area contributed by atoms with Crippen LogP contribution in [0, 0.1) is 17.5 Å². The molecule has 0 radical (unpaired) electrons. The Hall–Kier alpha value is -2.88. The summed E-state index contributed by atoms with van der Waals surface area (Å²) < 4.78 is 51.1. The van der Waals surface area contributed by atoms with Gasteiger partial charge in [0.1, 0.15) is 13.2 Å². The fourth-order valence-electron chi connectivity index (χ4n) is 2.90. The van der Waals surface area contributed by atoms with Crippen LogP contribution < -0.4 is 14.8 Å². The van der Waals surface area contributed by atoms with Crippen LogP contribution in [0.15, 0.2) is 35.2 Å². The molecule has 3 rings (SSSR count). The van der Waals surface area contributed by atoms with E-state index in [2.05, 4.69) is 5.32 Å². The fourth-order valence-corrected chi connectivity index (χ4v) is 3.72. The SMILES string of the molecule is CCCN(CC(=O)Nc1ccc(F)c(F)c1F)C(=O)CSc1ccc2c(c1)OCCO2. The Labute approximate surface area is 181 Å². The van der Waals surface area contributed by atoms with Gasteiger partial charge >= 0.3 is 0 Å². The van der Waals surface area contributed by atoms with E-state index in [0.29, 0.717) is 43.7 Å². The van der Waals surface area contributed by atoms with Crippen LogP contribution in [0.1, 0.15) is 13.3 Å². The Morgan fingerprint density at radius 3 is 2.55 bits per heavy atom. The summed E-state index contributed by atoms with van der Waals surface area (Å²) in [7, 11) is 0. The maximum atomic E-state index is 13.8. The molecule has 0 unspecified atom stereocenters. The number of amides is 2. The Morgan fingerprint density at radius 2 is 1.81 bits per heavy atom. The second-order valence-electron chi connectivity index (χ2n) is 6.68. The Kier molecular flexibility index (Phi) is 7.67. The number of nitrogens with one attached hydrogen (secondary N) is 1. The fraction of sp³-hybridized carbons (Fsp3) is 0.333. The first-order valence-electron chi connectivity index (χ1n) is 9.62. The number of carbonyl (C=O) groups excluding carboxylic acids is 2. The van der Waals surface area contributed by atoms with Gasteiger partial charge in [-0.25, -0.2) is 13.2 Å². The number of carbonyl (C=O) groups is 2.